The van der Waals surface area contributed by atoms with Gasteiger partial charge in [-0.05, 0) is 24.1 Å². The predicted octanol–water partition coefficient (Wildman–Crippen LogP) is 2.31. The van der Waals surface area contributed by atoms with Crippen molar-refractivity contribution in [1.82, 2.24) is 0 Å². The number of phenolic OH excluding ortho intramolecular Hbond substituents is 1. The summed E-state index contributed by atoms with van der Waals surface area (Å²) in [6.45, 7) is 0. The lowest BCUT2D eigenvalue weighted by atomic mass is 10.1. The van der Waals surface area contributed by atoms with E-state index in [1.807, 2.05) is 0 Å². The Bertz CT molecular complexity index is 365. The quantitative estimate of drug-likeness (QED) is 0.879. The highest BCUT2D eigenvalue weighted by Gasteiger charge is 2.10. The second kappa shape index (κ2) is 4.41. The molecule has 1 rings (SSSR count). The van der Waals surface area contributed by atoms with Crippen molar-refractivity contribution >= 4 is 21.9 Å². The first kappa shape index (κ1) is 11.0. The maximum atomic E-state index is 12.9. The molecule has 5 heteroatoms. The molecule has 0 saturated carbocycles. The van der Waals surface area contributed by atoms with Crippen LogP contribution in [0.3, 0.4) is 0 Å². The Morgan fingerprint density at radius 3 is 2.71 bits per heavy atom. The van der Waals surface area contributed by atoms with E-state index in [1.54, 1.807) is 0 Å². The van der Waals surface area contributed by atoms with Crippen LogP contribution in [0.1, 0.15) is 12.0 Å². The number of carboxylic acids is 1. The van der Waals surface area contributed by atoms with Crippen molar-refractivity contribution < 1.29 is 19.4 Å². The minimum Gasteiger partial charge on any atom is -0.505 e. The van der Waals surface area contributed by atoms with Crippen LogP contribution in [0, 0.1) is 5.82 Å². The normalized spacial score (nSPS) is 10.1. The Morgan fingerprint density at radius 1 is 1.50 bits per heavy atom. The summed E-state index contributed by atoms with van der Waals surface area (Å²) < 4.78 is 13.4. The molecule has 0 aromatic heterocycles. The maximum absolute atomic E-state index is 12.9. The van der Waals surface area contributed by atoms with E-state index in [0.29, 0.717) is 10.0 Å². The third-order valence-corrected chi connectivity index (χ3v) is 2.17. The van der Waals surface area contributed by atoms with Gasteiger partial charge < -0.3 is 10.2 Å². The van der Waals surface area contributed by atoms with Crippen molar-refractivity contribution in [2.24, 2.45) is 0 Å². The second-order valence-corrected chi connectivity index (χ2v) is 3.70. The van der Waals surface area contributed by atoms with Gasteiger partial charge in [0.1, 0.15) is 0 Å². The van der Waals surface area contributed by atoms with Gasteiger partial charge >= 0.3 is 5.97 Å². The summed E-state index contributed by atoms with van der Waals surface area (Å²) in [6.07, 6.45) is -0.0268. The molecule has 0 atom stereocenters. The monoisotopic (exact) mass is 262 g/mol. The van der Waals surface area contributed by atoms with E-state index in [0.717, 1.165) is 6.07 Å². The smallest absolute Gasteiger partial charge is 0.303 e. The molecular weight excluding hydrogens is 255 g/mol. The molecule has 0 unspecified atom stereocenters. The van der Waals surface area contributed by atoms with Gasteiger partial charge in [-0.2, -0.15) is 0 Å². The van der Waals surface area contributed by atoms with Crippen LogP contribution in [0.2, 0.25) is 0 Å². The topological polar surface area (TPSA) is 57.5 Å². The fourth-order valence-corrected chi connectivity index (χ4v) is 1.53. The number of hydrogen-bond donors (Lipinski definition) is 2. The predicted molar refractivity (Wildman–Crippen MR) is 51.7 cm³/mol. The fraction of sp³-hybridized carbons (Fsp3) is 0.222. The Labute approximate surface area is 88.3 Å². The lowest BCUT2D eigenvalue weighted by molar-refractivity contribution is -0.136. The molecule has 0 bridgehead atoms. The SMILES string of the molecule is O=C(O)CCc1cc(Br)cc(F)c1O. The van der Waals surface area contributed by atoms with Gasteiger partial charge in [-0.15, -0.1) is 0 Å². The summed E-state index contributed by atoms with van der Waals surface area (Å²) >= 11 is 3.06. The number of rotatable bonds is 3. The lowest BCUT2D eigenvalue weighted by Gasteiger charge is -2.04. The van der Waals surface area contributed by atoms with Gasteiger partial charge in [0, 0.05) is 10.9 Å². The van der Waals surface area contributed by atoms with E-state index in [-0.39, 0.29) is 12.8 Å². The van der Waals surface area contributed by atoms with Crippen molar-refractivity contribution in [3.05, 3.63) is 28.0 Å². The summed E-state index contributed by atoms with van der Waals surface area (Å²) in [5.74, 6) is -2.21. The minimum atomic E-state index is -0.982. The molecule has 14 heavy (non-hydrogen) atoms. The van der Waals surface area contributed by atoms with E-state index in [1.165, 1.54) is 6.07 Å². The number of benzene rings is 1. The van der Waals surface area contributed by atoms with Crippen LogP contribution in [-0.4, -0.2) is 16.2 Å². The maximum Gasteiger partial charge on any atom is 0.303 e. The van der Waals surface area contributed by atoms with E-state index < -0.39 is 17.5 Å². The molecule has 2 N–H and O–H groups in total. The van der Waals surface area contributed by atoms with Gasteiger partial charge in [-0.25, -0.2) is 4.39 Å². The molecule has 0 fully saturated rings. The first-order valence-corrected chi connectivity index (χ1v) is 4.68. The molecule has 0 amide bonds. The molecule has 0 saturated heterocycles. The zero-order valence-corrected chi connectivity index (χ0v) is 8.71. The highest BCUT2D eigenvalue weighted by molar-refractivity contribution is 9.10. The number of aromatic hydroxyl groups is 1. The van der Waals surface area contributed by atoms with E-state index in [4.69, 9.17) is 5.11 Å². The molecule has 3 nitrogen and oxygen atoms in total. The van der Waals surface area contributed by atoms with Crippen LogP contribution in [-0.2, 0) is 11.2 Å². The lowest BCUT2D eigenvalue weighted by Crippen LogP contribution is -1.98. The van der Waals surface area contributed by atoms with Crippen molar-refractivity contribution in [2.75, 3.05) is 0 Å². The Balaban J connectivity index is 2.90. The summed E-state index contributed by atoms with van der Waals surface area (Å²) in [5.41, 5.74) is 0.291. The third kappa shape index (κ3) is 2.70. The number of carboxylic acid groups (broad SMARTS) is 1. The van der Waals surface area contributed by atoms with Gasteiger partial charge in [0.25, 0.3) is 0 Å². The van der Waals surface area contributed by atoms with E-state index >= 15 is 0 Å². The van der Waals surface area contributed by atoms with Crippen molar-refractivity contribution in [1.29, 1.82) is 0 Å². The summed E-state index contributed by atoms with van der Waals surface area (Å²) in [7, 11) is 0. The van der Waals surface area contributed by atoms with Crippen molar-refractivity contribution in [3.8, 4) is 5.75 Å². The van der Waals surface area contributed by atoms with E-state index in [2.05, 4.69) is 15.9 Å². The van der Waals surface area contributed by atoms with Crippen LogP contribution in [0.25, 0.3) is 0 Å². The molecule has 1 aromatic rings. The van der Waals surface area contributed by atoms with Crippen molar-refractivity contribution in [3.63, 3.8) is 0 Å². The van der Waals surface area contributed by atoms with Crippen LogP contribution < -0.4 is 0 Å². The molecule has 0 heterocycles. The van der Waals surface area contributed by atoms with Crippen LogP contribution in [0.15, 0.2) is 16.6 Å². The molecule has 0 spiro atoms. The zero-order valence-electron chi connectivity index (χ0n) is 7.13. The van der Waals surface area contributed by atoms with Gasteiger partial charge in [-0.1, -0.05) is 15.9 Å². The van der Waals surface area contributed by atoms with Crippen molar-refractivity contribution in [2.45, 2.75) is 12.8 Å². The molecule has 1 aromatic carbocycles. The Kier molecular flexibility index (Phi) is 3.46. The number of phenols is 1. The first-order valence-electron chi connectivity index (χ1n) is 3.89. The highest BCUT2D eigenvalue weighted by atomic mass is 79.9. The average Bonchev–Trinajstić information content (AvgIpc) is 2.08. The van der Waals surface area contributed by atoms with Gasteiger partial charge in [0.05, 0.1) is 0 Å². The summed E-state index contributed by atoms with van der Waals surface area (Å²) in [5, 5.41) is 17.7. The summed E-state index contributed by atoms with van der Waals surface area (Å²) in [6, 6.07) is 2.63. The van der Waals surface area contributed by atoms with Crippen LogP contribution >= 0.6 is 15.9 Å². The highest BCUT2D eigenvalue weighted by Crippen LogP contribution is 2.26. The fourth-order valence-electron chi connectivity index (χ4n) is 1.05. The number of carbonyl (C=O) groups is 1. The van der Waals surface area contributed by atoms with Crippen LogP contribution in [0.5, 0.6) is 5.75 Å². The average molecular weight is 263 g/mol. The second-order valence-electron chi connectivity index (χ2n) is 2.79. The minimum absolute atomic E-state index is 0.109. The van der Waals surface area contributed by atoms with Gasteiger partial charge in [-0.3, -0.25) is 4.79 Å². The number of aliphatic carboxylic acids is 1. The summed E-state index contributed by atoms with van der Waals surface area (Å²) in [4.78, 5) is 10.3. The Morgan fingerprint density at radius 2 is 2.14 bits per heavy atom. The molecule has 0 aliphatic rings. The Hall–Kier alpha value is -1.10. The number of aryl methyl sites for hydroxylation is 1. The largest absolute Gasteiger partial charge is 0.505 e. The standard InChI is InChI=1S/C9H8BrFO3/c10-6-3-5(1-2-8(12)13)9(14)7(11)4-6/h3-4,14H,1-2H2,(H,12,13). The van der Waals surface area contributed by atoms with Gasteiger partial charge in [0.15, 0.2) is 11.6 Å². The molecule has 76 valence electrons. The first-order chi connectivity index (χ1) is 6.50. The number of hydrogen-bond acceptors (Lipinski definition) is 2. The molecular formula is C9H8BrFO3. The van der Waals surface area contributed by atoms with Crippen LogP contribution in [0.4, 0.5) is 4.39 Å². The third-order valence-electron chi connectivity index (χ3n) is 1.72. The van der Waals surface area contributed by atoms with Gasteiger partial charge in [0.2, 0.25) is 0 Å². The molecule has 0 radical (unpaired) electrons. The molecule has 0 aliphatic heterocycles. The van der Waals surface area contributed by atoms with E-state index in [9.17, 15) is 14.3 Å². The zero-order chi connectivity index (χ0) is 10.7. The number of halogens is 2. The molecule has 0 aliphatic carbocycles.